The van der Waals surface area contributed by atoms with Gasteiger partial charge in [-0.1, -0.05) is 34.1 Å². The molecule has 0 aliphatic rings. The van der Waals surface area contributed by atoms with E-state index in [-0.39, 0.29) is 6.04 Å². The highest BCUT2D eigenvalue weighted by atomic mass is 35.5. The summed E-state index contributed by atoms with van der Waals surface area (Å²) in [6.45, 7) is 2.19. The third-order valence-corrected chi connectivity index (χ3v) is 3.11. The first-order valence-electron chi connectivity index (χ1n) is 6.36. The first-order chi connectivity index (χ1) is 10.1. The molecule has 0 amide bonds. The van der Waals surface area contributed by atoms with Crippen LogP contribution >= 0.6 is 11.6 Å². The van der Waals surface area contributed by atoms with E-state index in [2.05, 4.69) is 20.5 Å². The second kappa shape index (κ2) is 5.63. The average molecular weight is 305 g/mol. The lowest BCUT2D eigenvalue weighted by Crippen LogP contribution is -2.05. The molecule has 0 saturated heterocycles. The van der Waals surface area contributed by atoms with Gasteiger partial charge in [-0.25, -0.2) is 4.68 Å². The lowest BCUT2D eigenvalue weighted by molar-refractivity contribution is 0.364. The van der Waals surface area contributed by atoms with Crippen molar-refractivity contribution >= 4 is 11.6 Å². The summed E-state index contributed by atoms with van der Waals surface area (Å²) in [5.41, 5.74) is 7.25. The minimum atomic E-state index is -0.163. The molecule has 2 N–H and O–H groups in total. The molecule has 0 fully saturated rings. The van der Waals surface area contributed by atoms with Gasteiger partial charge in [0.1, 0.15) is 6.54 Å². The maximum atomic E-state index is 5.94. The van der Waals surface area contributed by atoms with Crippen LogP contribution in [-0.2, 0) is 6.54 Å². The SMILES string of the molecule is CC(N)c1cn(Cc2nc(-c3cccc(Cl)c3)no2)nn1. The van der Waals surface area contributed by atoms with Crippen LogP contribution in [0.15, 0.2) is 35.0 Å². The largest absolute Gasteiger partial charge is 0.337 e. The molecule has 1 unspecified atom stereocenters. The number of nitrogens with zero attached hydrogens (tertiary/aromatic N) is 5. The van der Waals surface area contributed by atoms with Crippen LogP contribution in [0.1, 0.15) is 24.6 Å². The molecule has 0 bridgehead atoms. The van der Waals surface area contributed by atoms with Gasteiger partial charge in [0, 0.05) is 16.6 Å². The van der Waals surface area contributed by atoms with Gasteiger partial charge >= 0.3 is 0 Å². The number of rotatable bonds is 4. The molecule has 3 rings (SSSR count). The lowest BCUT2D eigenvalue weighted by Gasteiger charge is -1.96. The average Bonchev–Trinajstić information content (AvgIpc) is 3.08. The first-order valence-corrected chi connectivity index (χ1v) is 6.74. The van der Waals surface area contributed by atoms with Crippen molar-refractivity contribution < 1.29 is 4.52 Å². The Hall–Kier alpha value is -2.25. The standard InChI is InChI=1S/C13H13ClN6O/c1-8(15)11-6-20(19-17-11)7-12-16-13(18-21-12)9-3-2-4-10(14)5-9/h2-6,8H,7,15H2,1H3. The summed E-state index contributed by atoms with van der Waals surface area (Å²) >= 11 is 5.94. The van der Waals surface area contributed by atoms with Crippen LogP contribution in [0.2, 0.25) is 5.02 Å². The molecule has 0 saturated carbocycles. The second-order valence-electron chi connectivity index (χ2n) is 4.65. The molecule has 0 radical (unpaired) electrons. The zero-order chi connectivity index (χ0) is 14.8. The number of hydrogen-bond donors (Lipinski definition) is 1. The molecule has 0 aliphatic carbocycles. The van der Waals surface area contributed by atoms with Gasteiger partial charge in [-0.2, -0.15) is 4.98 Å². The Balaban J connectivity index is 1.78. The van der Waals surface area contributed by atoms with Crippen LogP contribution in [0.5, 0.6) is 0 Å². The second-order valence-corrected chi connectivity index (χ2v) is 5.09. The van der Waals surface area contributed by atoms with Crippen molar-refractivity contribution in [2.24, 2.45) is 5.73 Å². The molecule has 2 heterocycles. The highest BCUT2D eigenvalue weighted by Gasteiger charge is 2.11. The Labute approximate surface area is 125 Å². The monoisotopic (exact) mass is 304 g/mol. The normalized spacial score (nSPS) is 12.5. The van der Waals surface area contributed by atoms with Crippen molar-refractivity contribution in [2.45, 2.75) is 19.5 Å². The van der Waals surface area contributed by atoms with Crippen molar-refractivity contribution in [1.29, 1.82) is 0 Å². The minimum Gasteiger partial charge on any atom is -0.337 e. The first kappa shape index (κ1) is 13.7. The zero-order valence-corrected chi connectivity index (χ0v) is 12.0. The van der Waals surface area contributed by atoms with Crippen LogP contribution in [0, 0.1) is 0 Å². The van der Waals surface area contributed by atoms with E-state index in [0.717, 1.165) is 5.56 Å². The van der Waals surface area contributed by atoms with Crippen molar-refractivity contribution in [1.82, 2.24) is 25.1 Å². The van der Waals surface area contributed by atoms with Crippen LogP contribution in [0.4, 0.5) is 0 Å². The molecule has 1 atom stereocenters. The van der Waals surface area contributed by atoms with E-state index in [1.54, 1.807) is 23.0 Å². The Morgan fingerprint density at radius 3 is 3.00 bits per heavy atom. The Morgan fingerprint density at radius 2 is 2.29 bits per heavy atom. The molecule has 0 spiro atoms. The fourth-order valence-corrected chi connectivity index (χ4v) is 1.99. The maximum absolute atomic E-state index is 5.94. The van der Waals surface area contributed by atoms with Crippen LogP contribution < -0.4 is 5.73 Å². The van der Waals surface area contributed by atoms with Crippen molar-refractivity contribution in [3.8, 4) is 11.4 Å². The third kappa shape index (κ3) is 3.09. The van der Waals surface area contributed by atoms with Crippen LogP contribution in [-0.4, -0.2) is 25.1 Å². The third-order valence-electron chi connectivity index (χ3n) is 2.87. The summed E-state index contributed by atoms with van der Waals surface area (Å²) in [7, 11) is 0. The molecule has 1 aromatic carbocycles. The van der Waals surface area contributed by atoms with Gasteiger partial charge < -0.3 is 10.3 Å². The lowest BCUT2D eigenvalue weighted by atomic mass is 10.2. The summed E-state index contributed by atoms with van der Waals surface area (Å²) in [6.07, 6.45) is 1.76. The van der Waals surface area contributed by atoms with E-state index >= 15 is 0 Å². The highest BCUT2D eigenvalue weighted by Crippen LogP contribution is 2.20. The summed E-state index contributed by atoms with van der Waals surface area (Å²) in [6, 6.07) is 7.10. The fraction of sp³-hybridized carbons (Fsp3) is 0.231. The number of benzene rings is 1. The van der Waals surface area contributed by atoms with Crippen LogP contribution in [0.25, 0.3) is 11.4 Å². The van der Waals surface area contributed by atoms with Crippen molar-refractivity contribution in [2.75, 3.05) is 0 Å². The van der Waals surface area contributed by atoms with Crippen LogP contribution in [0.3, 0.4) is 0 Å². The van der Waals surface area contributed by atoms with Gasteiger partial charge in [-0.05, 0) is 19.1 Å². The Bertz CT molecular complexity index is 750. The van der Waals surface area contributed by atoms with Crippen molar-refractivity contribution in [3.63, 3.8) is 0 Å². The molecule has 3 aromatic rings. The Morgan fingerprint density at radius 1 is 1.43 bits per heavy atom. The quantitative estimate of drug-likeness (QED) is 0.792. The fourth-order valence-electron chi connectivity index (χ4n) is 1.80. The summed E-state index contributed by atoms with van der Waals surface area (Å²) in [4.78, 5) is 4.31. The molecule has 0 aliphatic heterocycles. The maximum Gasteiger partial charge on any atom is 0.248 e. The summed E-state index contributed by atoms with van der Waals surface area (Å²) in [5.74, 6) is 0.922. The smallest absolute Gasteiger partial charge is 0.248 e. The van der Waals surface area contributed by atoms with Gasteiger partial charge in [-0.3, -0.25) is 0 Å². The molecular formula is C13H13ClN6O. The molecule has 7 nitrogen and oxygen atoms in total. The van der Waals surface area contributed by atoms with Gasteiger partial charge in [0.05, 0.1) is 11.9 Å². The molecule has 8 heteroatoms. The predicted octanol–water partition coefficient (Wildman–Crippen LogP) is 2.05. The van der Waals surface area contributed by atoms with Gasteiger partial charge in [0.15, 0.2) is 0 Å². The molecule has 2 aromatic heterocycles. The summed E-state index contributed by atoms with van der Waals surface area (Å²) < 4.78 is 6.81. The van der Waals surface area contributed by atoms with E-state index in [1.165, 1.54) is 0 Å². The number of nitrogens with two attached hydrogens (primary N) is 1. The molecule has 21 heavy (non-hydrogen) atoms. The number of aromatic nitrogens is 5. The number of hydrogen-bond acceptors (Lipinski definition) is 6. The van der Waals surface area contributed by atoms with Crippen molar-refractivity contribution in [3.05, 3.63) is 47.1 Å². The number of halogens is 1. The van der Waals surface area contributed by atoms with Gasteiger partial charge in [0.25, 0.3) is 0 Å². The van der Waals surface area contributed by atoms with Gasteiger partial charge in [-0.15, -0.1) is 5.10 Å². The molecule has 108 valence electrons. The molecular weight excluding hydrogens is 292 g/mol. The van der Waals surface area contributed by atoms with E-state index in [1.807, 2.05) is 19.1 Å². The van der Waals surface area contributed by atoms with E-state index in [9.17, 15) is 0 Å². The van der Waals surface area contributed by atoms with E-state index in [0.29, 0.717) is 29.0 Å². The van der Waals surface area contributed by atoms with E-state index < -0.39 is 0 Å². The Kier molecular flexibility index (Phi) is 3.68. The highest BCUT2D eigenvalue weighted by molar-refractivity contribution is 6.30. The zero-order valence-electron chi connectivity index (χ0n) is 11.3. The predicted molar refractivity (Wildman–Crippen MR) is 76.5 cm³/mol. The minimum absolute atomic E-state index is 0.163. The topological polar surface area (TPSA) is 95.7 Å². The van der Waals surface area contributed by atoms with E-state index in [4.69, 9.17) is 21.9 Å². The summed E-state index contributed by atoms with van der Waals surface area (Å²) in [5, 5.41) is 12.5. The van der Waals surface area contributed by atoms with Gasteiger partial charge in [0.2, 0.25) is 11.7 Å².